The van der Waals surface area contributed by atoms with Crippen LogP contribution in [0.4, 0.5) is 13.2 Å². The topological polar surface area (TPSA) is 50.2 Å². The van der Waals surface area contributed by atoms with E-state index in [0.717, 1.165) is 18.9 Å². The molecule has 1 N–H and O–H groups in total. The molecule has 1 saturated carbocycles. The number of hydrogen-bond acceptors (Lipinski definition) is 2. The first-order valence-electron chi connectivity index (χ1n) is 4.70. The maximum absolute atomic E-state index is 12.5. The Morgan fingerprint density at radius 1 is 1.38 bits per heavy atom. The van der Waals surface area contributed by atoms with E-state index in [1.807, 2.05) is 0 Å². The molecular formula is C10H8F3NO2. The molecule has 0 atom stereocenters. The highest BCUT2D eigenvalue weighted by atomic mass is 19.4. The van der Waals surface area contributed by atoms with Crippen molar-refractivity contribution in [3.63, 3.8) is 0 Å². The lowest BCUT2D eigenvalue weighted by Crippen LogP contribution is -2.11. The van der Waals surface area contributed by atoms with Crippen molar-refractivity contribution in [3.05, 3.63) is 29.1 Å². The Labute approximate surface area is 88.9 Å². The van der Waals surface area contributed by atoms with E-state index < -0.39 is 23.4 Å². The first kappa shape index (κ1) is 10.9. The molecular weight excluding hydrogens is 223 g/mol. The number of pyridine rings is 1. The fourth-order valence-corrected chi connectivity index (χ4v) is 1.41. The first-order valence-corrected chi connectivity index (χ1v) is 4.70. The second kappa shape index (κ2) is 3.47. The van der Waals surface area contributed by atoms with Crippen LogP contribution in [-0.4, -0.2) is 16.1 Å². The zero-order chi connectivity index (χ0) is 11.9. The van der Waals surface area contributed by atoms with E-state index in [-0.39, 0.29) is 11.6 Å². The summed E-state index contributed by atoms with van der Waals surface area (Å²) in [5.74, 6) is -1.45. The molecule has 0 aromatic carbocycles. The summed E-state index contributed by atoms with van der Waals surface area (Å²) in [5.41, 5.74) is -1.26. The van der Waals surface area contributed by atoms with Gasteiger partial charge in [-0.15, -0.1) is 0 Å². The van der Waals surface area contributed by atoms with Crippen molar-refractivity contribution in [1.29, 1.82) is 0 Å². The fraction of sp³-hybridized carbons (Fsp3) is 0.400. The third-order valence-electron chi connectivity index (χ3n) is 2.39. The summed E-state index contributed by atoms with van der Waals surface area (Å²) < 4.78 is 37.4. The van der Waals surface area contributed by atoms with Crippen LogP contribution < -0.4 is 0 Å². The van der Waals surface area contributed by atoms with Gasteiger partial charge in [0.25, 0.3) is 0 Å². The van der Waals surface area contributed by atoms with Crippen molar-refractivity contribution in [2.45, 2.75) is 24.9 Å². The predicted octanol–water partition coefficient (Wildman–Crippen LogP) is 2.68. The molecule has 16 heavy (non-hydrogen) atoms. The summed E-state index contributed by atoms with van der Waals surface area (Å²) in [6.07, 6.45) is -2.99. The Morgan fingerprint density at radius 3 is 2.44 bits per heavy atom. The number of carboxylic acid groups (broad SMARTS) is 1. The maximum atomic E-state index is 12.5. The van der Waals surface area contributed by atoms with Crippen LogP contribution in [0.2, 0.25) is 0 Å². The zero-order valence-electron chi connectivity index (χ0n) is 8.08. The second-order valence-electron chi connectivity index (χ2n) is 3.74. The third kappa shape index (κ3) is 2.15. The minimum Gasteiger partial charge on any atom is -0.477 e. The van der Waals surface area contributed by atoms with E-state index >= 15 is 0 Å². The zero-order valence-corrected chi connectivity index (χ0v) is 8.08. The predicted molar refractivity (Wildman–Crippen MR) is 48.2 cm³/mol. The highest BCUT2D eigenvalue weighted by Gasteiger charge is 2.34. The molecule has 6 heteroatoms. The molecule has 1 fully saturated rings. The van der Waals surface area contributed by atoms with Gasteiger partial charge in [0.15, 0.2) is 0 Å². The van der Waals surface area contributed by atoms with E-state index in [1.54, 1.807) is 0 Å². The molecule has 0 spiro atoms. The molecule has 1 aliphatic rings. The number of nitrogens with zero attached hydrogens (tertiary/aromatic N) is 1. The third-order valence-corrected chi connectivity index (χ3v) is 2.39. The summed E-state index contributed by atoms with van der Waals surface area (Å²) in [7, 11) is 0. The van der Waals surface area contributed by atoms with Crippen LogP contribution in [0.3, 0.4) is 0 Å². The van der Waals surface area contributed by atoms with Crippen LogP contribution >= 0.6 is 0 Å². The van der Waals surface area contributed by atoms with Gasteiger partial charge in [0, 0.05) is 11.6 Å². The second-order valence-corrected chi connectivity index (χ2v) is 3.74. The van der Waals surface area contributed by atoms with Crippen molar-refractivity contribution in [2.24, 2.45) is 0 Å². The van der Waals surface area contributed by atoms with Gasteiger partial charge in [-0.25, -0.2) is 9.78 Å². The molecule has 0 radical (unpaired) electrons. The largest absolute Gasteiger partial charge is 0.477 e. The maximum Gasteiger partial charge on any atom is 0.416 e. The fourth-order valence-electron chi connectivity index (χ4n) is 1.41. The summed E-state index contributed by atoms with van der Waals surface area (Å²) in [6.45, 7) is 0. The number of halogens is 3. The highest BCUT2D eigenvalue weighted by Crippen LogP contribution is 2.41. The number of carboxylic acids is 1. The summed E-state index contributed by atoms with van der Waals surface area (Å²) >= 11 is 0. The minimum absolute atomic E-state index is 0.0135. The SMILES string of the molecule is O=C(O)c1cc(C(F)(F)F)cc(C2CC2)n1. The first-order chi connectivity index (χ1) is 7.38. The Hall–Kier alpha value is -1.59. The van der Waals surface area contributed by atoms with E-state index in [2.05, 4.69) is 4.98 Å². The van der Waals surface area contributed by atoms with Gasteiger partial charge in [-0.3, -0.25) is 0 Å². The van der Waals surface area contributed by atoms with Crippen molar-refractivity contribution in [3.8, 4) is 0 Å². The van der Waals surface area contributed by atoms with Crippen LogP contribution in [0, 0.1) is 0 Å². The minimum atomic E-state index is -4.53. The van der Waals surface area contributed by atoms with Crippen LogP contribution in [0.1, 0.15) is 40.5 Å². The normalized spacial score (nSPS) is 16.2. The van der Waals surface area contributed by atoms with Crippen LogP contribution in [0.15, 0.2) is 12.1 Å². The average molecular weight is 231 g/mol. The quantitative estimate of drug-likeness (QED) is 0.851. The molecule has 0 saturated heterocycles. The van der Waals surface area contributed by atoms with Crippen LogP contribution in [0.5, 0.6) is 0 Å². The van der Waals surface area contributed by atoms with Gasteiger partial charge in [-0.2, -0.15) is 13.2 Å². The van der Waals surface area contributed by atoms with Crippen molar-refractivity contribution >= 4 is 5.97 Å². The van der Waals surface area contributed by atoms with E-state index in [0.29, 0.717) is 6.07 Å². The van der Waals surface area contributed by atoms with Gasteiger partial charge in [0.1, 0.15) is 5.69 Å². The summed E-state index contributed by atoms with van der Waals surface area (Å²) in [5, 5.41) is 8.67. The van der Waals surface area contributed by atoms with Gasteiger partial charge in [-0.05, 0) is 25.0 Å². The molecule has 1 aromatic heterocycles. The molecule has 1 aromatic rings. The van der Waals surface area contributed by atoms with Crippen molar-refractivity contribution in [1.82, 2.24) is 4.98 Å². The van der Waals surface area contributed by atoms with E-state index in [1.165, 1.54) is 0 Å². The molecule has 1 aliphatic carbocycles. The average Bonchev–Trinajstić information content (AvgIpc) is 2.98. The molecule has 0 amide bonds. The monoisotopic (exact) mass is 231 g/mol. The molecule has 1 heterocycles. The Morgan fingerprint density at radius 2 is 2.00 bits per heavy atom. The van der Waals surface area contributed by atoms with Gasteiger partial charge >= 0.3 is 12.1 Å². The number of aromatic carboxylic acids is 1. The van der Waals surface area contributed by atoms with Crippen molar-refractivity contribution in [2.75, 3.05) is 0 Å². The number of carbonyl (C=O) groups is 1. The number of hydrogen-bond donors (Lipinski definition) is 1. The van der Waals surface area contributed by atoms with E-state index in [4.69, 9.17) is 5.11 Å². The molecule has 0 bridgehead atoms. The van der Waals surface area contributed by atoms with E-state index in [9.17, 15) is 18.0 Å². The Bertz CT molecular complexity index is 438. The van der Waals surface area contributed by atoms with Crippen LogP contribution in [0.25, 0.3) is 0 Å². The molecule has 0 unspecified atom stereocenters. The van der Waals surface area contributed by atoms with Crippen molar-refractivity contribution < 1.29 is 23.1 Å². The summed E-state index contributed by atoms with van der Waals surface area (Å²) in [4.78, 5) is 14.4. The molecule has 3 nitrogen and oxygen atoms in total. The lowest BCUT2D eigenvalue weighted by atomic mass is 10.1. The Kier molecular flexibility index (Phi) is 2.36. The van der Waals surface area contributed by atoms with Gasteiger partial charge in [0.2, 0.25) is 0 Å². The molecule has 0 aliphatic heterocycles. The number of aromatic nitrogens is 1. The van der Waals surface area contributed by atoms with Crippen LogP contribution in [-0.2, 0) is 6.18 Å². The lowest BCUT2D eigenvalue weighted by molar-refractivity contribution is -0.137. The highest BCUT2D eigenvalue weighted by molar-refractivity contribution is 5.85. The standard InChI is InChI=1S/C10H8F3NO2/c11-10(12,13)6-3-7(5-1-2-5)14-8(4-6)9(15)16/h3-5H,1-2H2,(H,15,16). The Balaban J connectivity index is 2.48. The number of alkyl halides is 3. The number of rotatable bonds is 2. The molecule has 2 rings (SSSR count). The smallest absolute Gasteiger partial charge is 0.416 e. The van der Waals surface area contributed by atoms with Gasteiger partial charge < -0.3 is 5.11 Å². The lowest BCUT2D eigenvalue weighted by Gasteiger charge is -2.09. The van der Waals surface area contributed by atoms with Gasteiger partial charge in [0.05, 0.1) is 5.56 Å². The van der Waals surface area contributed by atoms with Gasteiger partial charge in [-0.1, -0.05) is 0 Å². The summed E-state index contributed by atoms with van der Waals surface area (Å²) in [6, 6.07) is 1.50. The molecule has 86 valence electrons.